The molecule has 1 aliphatic heterocycles. The number of halogens is 3. The Bertz CT molecular complexity index is 723. The van der Waals surface area contributed by atoms with Crippen molar-refractivity contribution in [1.29, 1.82) is 0 Å². The standard InChI is InChI=1S/C15H15Cl3N2OS/c16-9-5-10(17)12-11(6-9)22-14(13(12)18)15(21)20-3-1-8(7-19)2-4-20/h5-6,8H,1-4,7,19H2. The maximum absolute atomic E-state index is 12.7. The Hall–Kier alpha value is -0.520. The molecule has 1 fully saturated rings. The molecule has 118 valence electrons. The summed E-state index contributed by atoms with van der Waals surface area (Å²) in [5, 5.41) is 2.15. The first-order chi connectivity index (χ1) is 10.5. The van der Waals surface area contributed by atoms with E-state index in [2.05, 4.69) is 0 Å². The quantitative estimate of drug-likeness (QED) is 0.826. The summed E-state index contributed by atoms with van der Waals surface area (Å²) in [6, 6.07) is 3.43. The molecule has 0 unspecified atom stereocenters. The molecule has 3 rings (SSSR count). The fourth-order valence-electron chi connectivity index (χ4n) is 2.76. The third-order valence-corrected chi connectivity index (χ3v) is 6.21. The third-order valence-electron chi connectivity index (χ3n) is 4.08. The molecule has 0 aliphatic carbocycles. The lowest BCUT2D eigenvalue weighted by Gasteiger charge is -2.31. The van der Waals surface area contributed by atoms with E-state index in [1.807, 2.05) is 4.90 Å². The molecule has 7 heteroatoms. The van der Waals surface area contributed by atoms with Crippen molar-refractivity contribution in [2.24, 2.45) is 11.7 Å². The number of likely N-dealkylation sites (tertiary alicyclic amines) is 1. The van der Waals surface area contributed by atoms with Gasteiger partial charge in [-0.2, -0.15) is 0 Å². The Morgan fingerprint density at radius 1 is 1.27 bits per heavy atom. The lowest BCUT2D eigenvalue weighted by Crippen LogP contribution is -2.39. The summed E-state index contributed by atoms with van der Waals surface area (Å²) in [6.07, 6.45) is 1.88. The Balaban J connectivity index is 1.92. The third kappa shape index (κ3) is 2.95. The molecule has 2 aromatic rings. The number of benzene rings is 1. The molecule has 2 N–H and O–H groups in total. The number of thiophene rings is 1. The Morgan fingerprint density at radius 3 is 2.59 bits per heavy atom. The normalized spacial score (nSPS) is 16.5. The van der Waals surface area contributed by atoms with E-state index in [9.17, 15) is 4.79 Å². The predicted molar refractivity (Wildman–Crippen MR) is 94.5 cm³/mol. The number of hydrogen-bond acceptors (Lipinski definition) is 3. The number of nitrogens with two attached hydrogens (primary N) is 1. The molecule has 1 amide bonds. The Labute approximate surface area is 147 Å². The van der Waals surface area contributed by atoms with Crippen LogP contribution in [0.15, 0.2) is 12.1 Å². The lowest BCUT2D eigenvalue weighted by atomic mass is 9.97. The van der Waals surface area contributed by atoms with Crippen molar-refractivity contribution in [2.45, 2.75) is 12.8 Å². The van der Waals surface area contributed by atoms with Gasteiger partial charge in [0, 0.05) is 28.2 Å². The monoisotopic (exact) mass is 376 g/mol. The van der Waals surface area contributed by atoms with E-state index in [4.69, 9.17) is 40.5 Å². The van der Waals surface area contributed by atoms with Crippen molar-refractivity contribution in [2.75, 3.05) is 19.6 Å². The van der Waals surface area contributed by atoms with Gasteiger partial charge in [-0.3, -0.25) is 4.79 Å². The molecule has 0 saturated carbocycles. The van der Waals surface area contributed by atoms with E-state index in [1.165, 1.54) is 11.3 Å². The van der Waals surface area contributed by atoms with E-state index < -0.39 is 0 Å². The van der Waals surface area contributed by atoms with Gasteiger partial charge in [-0.15, -0.1) is 11.3 Å². The van der Waals surface area contributed by atoms with Crippen LogP contribution in [-0.4, -0.2) is 30.4 Å². The minimum absolute atomic E-state index is 0.0335. The highest BCUT2D eigenvalue weighted by molar-refractivity contribution is 7.21. The molecule has 0 atom stereocenters. The number of rotatable bonds is 2. The molecule has 1 aromatic carbocycles. The first-order valence-corrected chi connectivity index (χ1v) is 9.02. The number of fused-ring (bicyclic) bond motifs is 1. The molecular weight excluding hydrogens is 363 g/mol. The highest BCUT2D eigenvalue weighted by Crippen LogP contribution is 2.41. The van der Waals surface area contributed by atoms with Gasteiger partial charge in [-0.1, -0.05) is 34.8 Å². The topological polar surface area (TPSA) is 46.3 Å². The van der Waals surface area contributed by atoms with Crippen LogP contribution in [0.25, 0.3) is 10.1 Å². The first kappa shape index (κ1) is 16.3. The molecule has 0 spiro atoms. The van der Waals surface area contributed by atoms with Crippen molar-refractivity contribution in [3.05, 3.63) is 32.1 Å². The van der Waals surface area contributed by atoms with Crippen LogP contribution < -0.4 is 5.73 Å². The second kappa shape index (κ2) is 6.54. The molecule has 1 saturated heterocycles. The zero-order chi connectivity index (χ0) is 15.9. The summed E-state index contributed by atoms with van der Waals surface area (Å²) in [4.78, 5) is 15.1. The van der Waals surface area contributed by atoms with Gasteiger partial charge >= 0.3 is 0 Å². The van der Waals surface area contributed by atoms with Gasteiger partial charge < -0.3 is 10.6 Å². The summed E-state index contributed by atoms with van der Waals surface area (Å²) >= 11 is 20.0. The SMILES string of the molecule is NCC1CCN(C(=O)c2sc3cc(Cl)cc(Cl)c3c2Cl)CC1. The Morgan fingerprint density at radius 2 is 1.95 bits per heavy atom. The van der Waals surface area contributed by atoms with Crippen LogP contribution in [0.1, 0.15) is 22.5 Å². The number of hydrogen-bond donors (Lipinski definition) is 1. The molecule has 22 heavy (non-hydrogen) atoms. The van der Waals surface area contributed by atoms with Gasteiger partial charge in [0.2, 0.25) is 0 Å². The second-order valence-electron chi connectivity index (χ2n) is 5.48. The van der Waals surface area contributed by atoms with E-state index >= 15 is 0 Å². The van der Waals surface area contributed by atoms with Crippen molar-refractivity contribution in [1.82, 2.24) is 4.90 Å². The van der Waals surface area contributed by atoms with Gasteiger partial charge in [-0.25, -0.2) is 0 Å². The largest absolute Gasteiger partial charge is 0.338 e. The highest BCUT2D eigenvalue weighted by atomic mass is 35.5. The zero-order valence-corrected chi connectivity index (χ0v) is 14.8. The van der Waals surface area contributed by atoms with E-state index in [1.54, 1.807) is 12.1 Å². The van der Waals surface area contributed by atoms with Crippen molar-refractivity contribution in [3.63, 3.8) is 0 Å². The molecule has 2 heterocycles. The summed E-state index contributed by atoms with van der Waals surface area (Å²) in [5.41, 5.74) is 5.69. The van der Waals surface area contributed by atoms with Crippen LogP contribution >= 0.6 is 46.1 Å². The number of carbonyl (C=O) groups is 1. The summed E-state index contributed by atoms with van der Waals surface area (Å²) in [7, 11) is 0. The molecule has 1 aromatic heterocycles. The van der Waals surface area contributed by atoms with Crippen LogP contribution in [0.3, 0.4) is 0 Å². The van der Waals surface area contributed by atoms with Crippen LogP contribution in [0.5, 0.6) is 0 Å². The average Bonchev–Trinajstić information content (AvgIpc) is 2.83. The zero-order valence-electron chi connectivity index (χ0n) is 11.7. The van der Waals surface area contributed by atoms with Crippen LogP contribution in [0.2, 0.25) is 15.1 Å². The van der Waals surface area contributed by atoms with E-state index in [0.717, 1.165) is 30.6 Å². The molecule has 0 bridgehead atoms. The number of amides is 1. The molecular formula is C15H15Cl3N2OS. The second-order valence-corrected chi connectivity index (χ2v) is 7.75. The van der Waals surface area contributed by atoms with Gasteiger partial charge in [0.1, 0.15) is 4.88 Å². The van der Waals surface area contributed by atoms with Crippen molar-refractivity contribution in [3.8, 4) is 0 Å². The minimum Gasteiger partial charge on any atom is -0.338 e. The maximum Gasteiger partial charge on any atom is 0.265 e. The Kier molecular flexibility index (Phi) is 4.86. The fourth-order valence-corrected chi connectivity index (χ4v) is 5.11. The maximum atomic E-state index is 12.7. The smallest absolute Gasteiger partial charge is 0.265 e. The van der Waals surface area contributed by atoms with E-state index in [0.29, 0.717) is 37.8 Å². The summed E-state index contributed by atoms with van der Waals surface area (Å²) < 4.78 is 0.836. The van der Waals surface area contributed by atoms with E-state index in [-0.39, 0.29) is 5.91 Å². The van der Waals surface area contributed by atoms with Gasteiger partial charge in [-0.05, 0) is 37.4 Å². The molecule has 3 nitrogen and oxygen atoms in total. The fraction of sp³-hybridized carbons (Fsp3) is 0.400. The predicted octanol–water partition coefficient (Wildman–Crippen LogP) is 4.67. The van der Waals surface area contributed by atoms with Crippen molar-refractivity contribution < 1.29 is 4.79 Å². The molecule has 0 radical (unpaired) electrons. The highest BCUT2D eigenvalue weighted by Gasteiger charge is 2.27. The van der Waals surface area contributed by atoms with Gasteiger partial charge in [0.25, 0.3) is 5.91 Å². The lowest BCUT2D eigenvalue weighted by molar-refractivity contribution is 0.0698. The van der Waals surface area contributed by atoms with Gasteiger partial charge in [0.05, 0.1) is 10.0 Å². The summed E-state index contributed by atoms with van der Waals surface area (Å²) in [6.45, 7) is 2.12. The van der Waals surface area contributed by atoms with Crippen molar-refractivity contribution >= 4 is 62.1 Å². The first-order valence-electron chi connectivity index (χ1n) is 7.07. The minimum atomic E-state index is -0.0335. The average molecular weight is 378 g/mol. The number of piperidine rings is 1. The summed E-state index contributed by atoms with van der Waals surface area (Å²) in [5.74, 6) is 0.476. The molecule has 1 aliphatic rings. The number of nitrogens with zero attached hydrogens (tertiary/aromatic N) is 1. The van der Waals surface area contributed by atoms with Crippen LogP contribution in [0.4, 0.5) is 0 Å². The van der Waals surface area contributed by atoms with Crippen LogP contribution in [-0.2, 0) is 0 Å². The number of carbonyl (C=O) groups excluding carboxylic acids is 1. The van der Waals surface area contributed by atoms with Crippen LogP contribution in [0, 0.1) is 5.92 Å². The van der Waals surface area contributed by atoms with Gasteiger partial charge in [0.15, 0.2) is 0 Å².